The monoisotopic (exact) mass is 218 g/mol. The molecular weight excluding hydrogens is 204 g/mol. The fourth-order valence-corrected chi connectivity index (χ4v) is 1.39. The lowest BCUT2D eigenvalue weighted by Crippen LogP contribution is -2.08. The van der Waals surface area contributed by atoms with E-state index < -0.39 is 0 Å². The molecule has 0 aliphatic carbocycles. The quantitative estimate of drug-likeness (QED) is 0.850. The Morgan fingerprint density at radius 3 is 3.00 bits per heavy atom. The van der Waals surface area contributed by atoms with Crippen molar-refractivity contribution in [3.05, 3.63) is 29.9 Å². The Morgan fingerprint density at radius 2 is 2.31 bits per heavy atom. The van der Waals surface area contributed by atoms with Gasteiger partial charge in [-0.15, -0.1) is 0 Å². The molecule has 0 saturated carbocycles. The summed E-state index contributed by atoms with van der Waals surface area (Å²) >= 11 is 0. The van der Waals surface area contributed by atoms with Gasteiger partial charge in [-0.1, -0.05) is 12.1 Å². The minimum atomic E-state index is -0.191. The summed E-state index contributed by atoms with van der Waals surface area (Å²) in [6, 6.07) is 1.67. The minimum Gasteiger partial charge on any atom is -0.337 e. The maximum absolute atomic E-state index is 5.82. The Bertz CT molecular complexity index is 480. The first-order valence-corrected chi connectivity index (χ1v) is 5.22. The van der Waals surface area contributed by atoms with Crippen LogP contribution in [0.1, 0.15) is 30.8 Å². The van der Waals surface area contributed by atoms with E-state index >= 15 is 0 Å². The van der Waals surface area contributed by atoms with Crippen molar-refractivity contribution in [3.8, 4) is 11.4 Å². The van der Waals surface area contributed by atoms with Gasteiger partial charge in [0.05, 0.1) is 6.04 Å². The fraction of sp³-hybridized carbons (Fsp3) is 0.364. The molecule has 5 nitrogen and oxygen atoms in total. The molecule has 2 rings (SSSR count). The van der Waals surface area contributed by atoms with Gasteiger partial charge in [0.2, 0.25) is 11.7 Å². The van der Waals surface area contributed by atoms with Crippen molar-refractivity contribution in [2.75, 3.05) is 0 Å². The van der Waals surface area contributed by atoms with E-state index in [1.807, 2.05) is 19.9 Å². The molecule has 0 unspecified atom stereocenters. The van der Waals surface area contributed by atoms with Crippen LogP contribution in [0.5, 0.6) is 0 Å². The van der Waals surface area contributed by atoms with Gasteiger partial charge >= 0.3 is 0 Å². The molecule has 0 aromatic carbocycles. The van der Waals surface area contributed by atoms with E-state index in [1.54, 1.807) is 12.4 Å². The molecule has 0 radical (unpaired) electrons. The van der Waals surface area contributed by atoms with E-state index in [4.69, 9.17) is 10.3 Å². The molecule has 16 heavy (non-hydrogen) atoms. The Morgan fingerprint density at radius 1 is 1.50 bits per heavy atom. The van der Waals surface area contributed by atoms with Crippen LogP contribution < -0.4 is 5.73 Å². The highest BCUT2D eigenvalue weighted by atomic mass is 16.5. The normalized spacial score (nSPS) is 12.7. The van der Waals surface area contributed by atoms with Crippen LogP contribution in [0.3, 0.4) is 0 Å². The number of nitrogens with two attached hydrogens (primary N) is 1. The maximum atomic E-state index is 5.82. The molecule has 2 aromatic heterocycles. The van der Waals surface area contributed by atoms with Crippen molar-refractivity contribution in [1.29, 1.82) is 0 Å². The van der Waals surface area contributed by atoms with Crippen molar-refractivity contribution < 1.29 is 4.52 Å². The summed E-state index contributed by atoms with van der Waals surface area (Å²) in [6.07, 6.45) is 4.25. The molecule has 0 bridgehead atoms. The average molecular weight is 218 g/mol. The molecule has 1 atom stereocenters. The molecule has 0 fully saturated rings. The number of hydrogen-bond acceptors (Lipinski definition) is 5. The predicted octanol–water partition coefficient (Wildman–Crippen LogP) is 1.85. The summed E-state index contributed by atoms with van der Waals surface area (Å²) in [7, 11) is 0. The summed E-state index contributed by atoms with van der Waals surface area (Å²) < 4.78 is 5.12. The minimum absolute atomic E-state index is 0.191. The van der Waals surface area contributed by atoms with Crippen LogP contribution in [0.2, 0.25) is 0 Å². The first kappa shape index (κ1) is 10.8. The van der Waals surface area contributed by atoms with Gasteiger partial charge < -0.3 is 10.3 Å². The summed E-state index contributed by atoms with van der Waals surface area (Å²) in [5.41, 5.74) is 7.75. The Labute approximate surface area is 93.7 Å². The zero-order chi connectivity index (χ0) is 11.5. The third kappa shape index (κ3) is 1.94. The van der Waals surface area contributed by atoms with Gasteiger partial charge in [0.15, 0.2) is 0 Å². The second-order valence-corrected chi connectivity index (χ2v) is 3.66. The summed E-state index contributed by atoms with van der Waals surface area (Å²) in [5, 5.41) is 3.92. The van der Waals surface area contributed by atoms with Crippen LogP contribution in [-0.4, -0.2) is 15.1 Å². The van der Waals surface area contributed by atoms with Crippen LogP contribution in [-0.2, 0) is 0 Å². The van der Waals surface area contributed by atoms with Crippen LogP contribution in [0, 0.1) is 6.92 Å². The molecule has 2 N–H and O–H groups in total. The Balaban J connectivity index is 2.35. The van der Waals surface area contributed by atoms with Gasteiger partial charge in [-0.3, -0.25) is 4.98 Å². The van der Waals surface area contributed by atoms with Gasteiger partial charge in [0, 0.05) is 18.0 Å². The van der Waals surface area contributed by atoms with E-state index in [1.165, 1.54) is 0 Å². The highest BCUT2D eigenvalue weighted by molar-refractivity contribution is 5.57. The van der Waals surface area contributed by atoms with Crippen molar-refractivity contribution in [2.45, 2.75) is 26.3 Å². The van der Waals surface area contributed by atoms with Crippen molar-refractivity contribution >= 4 is 0 Å². The van der Waals surface area contributed by atoms with Gasteiger partial charge in [0.1, 0.15) is 0 Å². The SMILES string of the molecule is CC[C@H](N)c1nc(-c2ccncc2C)no1. The predicted molar refractivity (Wildman–Crippen MR) is 59.5 cm³/mol. The summed E-state index contributed by atoms with van der Waals surface area (Å²) in [5.74, 6) is 1.05. The van der Waals surface area contributed by atoms with Gasteiger partial charge in [-0.05, 0) is 25.0 Å². The third-order valence-electron chi connectivity index (χ3n) is 2.46. The number of pyridine rings is 1. The molecule has 2 aromatic rings. The topological polar surface area (TPSA) is 77.8 Å². The number of nitrogens with zero attached hydrogens (tertiary/aromatic N) is 3. The zero-order valence-electron chi connectivity index (χ0n) is 9.34. The van der Waals surface area contributed by atoms with E-state index in [9.17, 15) is 0 Å². The van der Waals surface area contributed by atoms with E-state index in [2.05, 4.69) is 15.1 Å². The second kappa shape index (κ2) is 4.40. The molecular formula is C11H14N4O. The molecule has 2 heterocycles. The largest absolute Gasteiger partial charge is 0.337 e. The Hall–Kier alpha value is -1.75. The van der Waals surface area contributed by atoms with Gasteiger partial charge in [0.25, 0.3) is 0 Å². The first-order chi connectivity index (χ1) is 7.72. The lowest BCUT2D eigenvalue weighted by Gasteiger charge is -2.00. The fourth-order valence-electron chi connectivity index (χ4n) is 1.39. The zero-order valence-corrected chi connectivity index (χ0v) is 9.34. The number of hydrogen-bond donors (Lipinski definition) is 1. The number of rotatable bonds is 3. The van der Waals surface area contributed by atoms with E-state index in [0.717, 1.165) is 17.5 Å². The third-order valence-corrected chi connectivity index (χ3v) is 2.46. The summed E-state index contributed by atoms with van der Waals surface area (Å²) in [6.45, 7) is 3.93. The van der Waals surface area contributed by atoms with Crippen molar-refractivity contribution in [2.24, 2.45) is 5.73 Å². The van der Waals surface area contributed by atoms with Crippen molar-refractivity contribution in [1.82, 2.24) is 15.1 Å². The standard InChI is InChI=1S/C11H14N4O/c1-3-9(12)11-14-10(15-16-11)8-4-5-13-6-7(8)2/h4-6,9H,3,12H2,1-2H3/t9-/m0/s1. The number of aromatic nitrogens is 3. The van der Waals surface area contributed by atoms with E-state index in [0.29, 0.717) is 11.7 Å². The Kier molecular flexibility index (Phi) is 2.96. The number of aryl methyl sites for hydroxylation is 1. The molecule has 0 aliphatic rings. The smallest absolute Gasteiger partial charge is 0.243 e. The molecule has 84 valence electrons. The highest BCUT2D eigenvalue weighted by Crippen LogP contribution is 2.21. The van der Waals surface area contributed by atoms with Crippen LogP contribution in [0.25, 0.3) is 11.4 Å². The summed E-state index contributed by atoms with van der Waals surface area (Å²) in [4.78, 5) is 8.30. The van der Waals surface area contributed by atoms with Gasteiger partial charge in [-0.25, -0.2) is 0 Å². The first-order valence-electron chi connectivity index (χ1n) is 5.22. The van der Waals surface area contributed by atoms with Crippen LogP contribution >= 0.6 is 0 Å². The highest BCUT2D eigenvalue weighted by Gasteiger charge is 2.14. The van der Waals surface area contributed by atoms with Gasteiger partial charge in [-0.2, -0.15) is 4.98 Å². The second-order valence-electron chi connectivity index (χ2n) is 3.66. The van der Waals surface area contributed by atoms with Crippen LogP contribution in [0.15, 0.2) is 23.0 Å². The lowest BCUT2D eigenvalue weighted by molar-refractivity contribution is 0.352. The molecule has 0 spiro atoms. The molecule has 0 saturated heterocycles. The molecule has 0 amide bonds. The lowest BCUT2D eigenvalue weighted by atomic mass is 10.1. The molecule has 0 aliphatic heterocycles. The van der Waals surface area contributed by atoms with E-state index in [-0.39, 0.29) is 6.04 Å². The molecule has 5 heteroatoms. The van der Waals surface area contributed by atoms with Crippen LogP contribution in [0.4, 0.5) is 0 Å². The average Bonchev–Trinajstić information content (AvgIpc) is 2.78. The maximum Gasteiger partial charge on any atom is 0.243 e. The van der Waals surface area contributed by atoms with Crippen molar-refractivity contribution in [3.63, 3.8) is 0 Å².